The van der Waals surface area contributed by atoms with Crippen LogP contribution in [0.2, 0.25) is 0 Å². The van der Waals surface area contributed by atoms with Gasteiger partial charge in [0.2, 0.25) is 0 Å². The van der Waals surface area contributed by atoms with Crippen molar-refractivity contribution in [2.24, 2.45) is 11.1 Å². The molecule has 0 unspecified atom stereocenters. The molecule has 2 N–H and O–H groups in total. The van der Waals surface area contributed by atoms with Gasteiger partial charge in [-0.2, -0.15) is 0 Å². The van der Waals surface area contributed by atoms with Crippen molar-refractivity contribution in [3.63, 3.8) is 0 Å². The van der Waals surface area contributed by atoms with Crippen LogP contribution in [-0.4, -0.2) is 19.3 Å². The maximum atomic E-state index is 6.29. The van der Waals surface area contributed by atoms with Crippen LogP contribution >= 0.6 is 0 Å². The molecule has 1 aromatic rings. The highest BCUT2D eigenvalue weighted by Gasteiger charge is 2.38. The molecule has 2 rings (SSSR count). The maximum absolute atomic E-state index is 6.29. The van der Waals surface area contributed by atoms with Crippen molar-refractivity contribution >= 4 is 0 Å². The van der Waals surface area contributed by atoms with Crippen LogP contribution in [0.25, 0.3) is 0 Å². The highest BCUT2D eigenvalue weighted by molar-refractivity contribution is 5.36. The average Bonchev–Trinajstić information content (AvgIpc) is 2.47. The molecular weight excluding hydrogens is 262 g/mol. The molecule has 0 aliphatic heterocycles. The van der Waals surface area contributed by atoms with Gasteiger partial charge in [0.1, 0.15) is 5.75 Å². The predicted octanol–water partition coefficient (Wildman–Crippen LogP) is 3.82. The van der Waals surface area contributed by atoms with E-state index in [0.29, 0.717) is 18.6 Å². The van der Waals surface area contributed by atoms with E-state index in [1.54, 1.807) is 7.11 Å². The molecule has 0 aromatic heterocycles. The summed E-state index contributed by atoms with van der Waals surface area (Å²) in [4.78, 5) is 0. The first-order valence-electron chi connectivity index (χ1n) is 7.87. The van der Waals surface area contributed by atoms with Crippen LogP contribution in [0.3, 0.4) is 0 Å². The second-order valence-electron chi connectivity index (χ2n) is 7.16. The van der Waals surface area contributed by atoms with E-state index in [9.17, 15) is 0 Å². The van der Waals surface area contributed by atoms with Crippen LogP contribution in [-0.2, 0) is 11.3 Å². The Morgan fingerprint density at radius 3 is 2.38 bits per heavy atom. The first-order valence-corrected chi connectivity index (χ1v) is 7.87. The summed E-state index contributed by atoms with van der Waals surface area (Å²) in [5.74, 6) is 0.893. The van der Waals surface area contributed by atoms with Gasteiger partial charge >= 0.3 is 0 Å². The minimum Gasteiger partial charge on any atom is -0.496 e. The third-order valence-corrected chi connectivity index (χ3v) is 4.86. The van der Waals surface area contributed by atoms with Crippen molar-refractivity contribution in [1.29, 1.82) is 0 Å². The number of ether oxygens (including phenoxy) is 2. The molecule has 0 saturated heterocycles. The van der Waals surface area contributed by atoms with E-state index in [4.69, 9.17) is 15.2 Å². The molecule has 0 atom stereocenters. The second kappa shape index (κ2) is 6.37. The van der Waals surface area contributed by atoms with Crippen molar-refractivity contribution in [2.45, 2.75) is 58.7 Å². The molecule has 21 heavy (non-hydrogen) atoms. The summed E-state index contributed by atoms with van der Waals surface area (Å²) < 4.78 is 11.7. The zero-order valence-electron chi connectivity index (χ0n) is 13.9. The summed E-state index contributed by atoms with van der Waals surface area (Å²) in [7, 11) is 1.70. The summed E-state index contributed by atoms with van der Waals surface area (Å²) in [6, 6.07) is 6.20. The molecule has 0 radical (unpaired) electrons. The molecule has 3 nitrogen and oxygen atoms in total. The van der Waals surface area contributed by atoms with Gasteiger partial charge in [-0.05, 0) is 44.1 Å². The van der Waals surface area contributed by atoms with E-state index in [2.05, 4.69) is 32.9 Å². The number of hydrogen-bond acceptors (Lipinski definition) is 3. The number of benzene rings is 1. The van der Waals surface area contributed by atoms with E-state index in [0.717, 1.165) is 24.2 Å². The van der Waals surface area contributed by atoms with Crippen molar-refractivity contribution in [1.82, 2.24) is 0 Å². The van der Waals surface area contributed by atoms with Crippen LogP contribution in [0.15, 0.2) is 18.2 Å². The standard InChI is InChI=1S/C18H29NO2/c1-14-5-6-16(20-4)15(11-14)12-21-18(13-19)9-7-17(2,3)8-10-18/h5-6,11H,7-10,12-13,19H2,1-4H3. The molecule has 1 aliphatic carbocycles. The molecule has 1 aromatic carbocycles. The lowest BCUT2D eigenvalue weighted by Gasteiger charge is -2.43. The van der Waals surface area contributed by atoms with Crippen molar-refractivity contribution < 1.29 is 9.47 Å². The minimum absolute atomic E-state index is 0.162. The van der Waals surface area contributed by atoms with E-state index in [-0.39, 0.29) is 5.60 Å². The summed E-state index contributed by atoms with van der Waals surface area (Å²) >= 11 is 0. The fourth-order valence-corrected chi connectivity index (χ4v) is 3.04. The third-order valence-electron chi connectivity index (χ3n) is 4.86. The van der Waals surface area contributed by atoms with E-state index < -0.39 is 0 Å². The topological polar surface area (TPSA) is 44.5 Å². The molecular formula is C18H29NO2. The zero-order valence-corrected chi connectivity index (χ0v) is 13.9. The fourth-order valence-electron chi connectivity index (χ4n) is 3.04. The summed E-state index contributed by atoms with van der Waals surface area (Å²) in [5.41, 5.74) is 8.62. The van der Waals surface area contributed by atoms with Gasteiger partial charge in [-0.25, -0.2) is 0 Å². The number of hydrogen-bond donors (Lipinski definition) is 1. The van der Waals surface area contributed by atoms with Crippen LogP contribution < -0.4 is 10.5 Å². The van der Waals surface area contributed by atoms with E-state index in [1.165, 1.54) is 18.4 Å². The Bertz CT molecular complexity index is 472. The van der Waals surface area contributed by atoms with Crippen molar-refractivity contribution in [3.05, 3.63) is 29.3 Å². The normalized spacial score (nSPS) is 20.2. The number of aryl methyl sites for hydroxylation is 1. The first-order chi connectivity index (χ1) is 9.90. The molecule has 0 amide bonds. The van der Waals surface area contributed by atoms with Gasteiger partial charge in [-0.3, -0.25) is 0 Å². The van der Waals surface area contributed by atoms with Gasteiger partial charge in [-0.1, -0.05) is 31.5 Å². The van der Waals surface area contributed by atoms with Gasteiger partial charge in [0, 0.05) is 12.1 Å². The van der Waals surface area contributed by atoms with Crippen molar-refractivity contribution in [3.8, 4) is 5.75 Å². The Kier molecular flexibility index (Phi) is 4.95. The summed E-state index contributed by atoms with van der Waals surface area (Å²) in [6.45, 7) is 7.92. The molecule has 1 aliphatic rings. The quantitative estimate of drug-likeness (QED) is 0.897. The Balaban J connectivity index is 2.05. The van der Waals surface area contributed by atoms with Gasteiger partial charge < -0.3 is 15.2 Å². The van der Waals surface area contributed by atoms with Crippen LogP contribution in [0.5, 0.6) is 5.75 Å². The summed E-state index contributed by atoms with van der Waals surface area (Å²) in [5, 5.41) is 0. The van der Waals surface area contributed by atoms with Crippen LogP contribution in [0.4, 0.5) is 0 Å². The molecule has 0 bridgehead atoms. The Labute approximate surface area is 128 Å². The highest BCUT2D eigenvalue weighted by atomic mass is 16.5. The van der Waals surface area contributed by atoms with Gasteiger partial charge in [0.25, 0.3) is 0 Å². The number of methoxy groups -OCH3 is 1. The maximum Gasteiger partial charge on any atom is 0.124 e. The molecule has 0 heterocycles. The lowest BCUT2D eigenvalue weighted by molar-refractivity contribution is -0.0907. The predicted molar refractivity (Wildman–Crippen MR) is 86.6 cm³/mol. The highest BCUT2D eigenvalue weighted by Crippen LogP contribution is 2.42. The molecule has 1 saturated carbocycles. The van der Waals surface area contributed by atoms with E-state index >= 15 is 0 Å². The van der Waals surface area contributed by atoms with Crippen LogP contribution in [0, 0.1) is 12.3 Å². The Hall–Kier alpha value is -1.06. The monoisotopic (exact) mass is 291 g/mol. The zero-order chi connectivity index (χ0) is 15.5. The van der Waals surface area contributed by atoms with Gasteiger partial charge in [0.15, 0.2) is 0 Å². The van der Waals surface area contributed by atoms with Gasteiger partial charge in [-0.15, -0.1) is 0 Å². The second-order valence-corrected chi connectivity index (χ2v) is 7.16. The first kappa shape index (κ1) is 16.3. The SMILES string of the molecule is COc1ccc(C)cc1COC1(CN)CCC(C)(C)CC1. The number of nitrogens with two attached hydrogens (primary N) is 1. The molecule has 3 heteroatoms. The third kappa shape index (κ3) is 3.98. The fraction of sp³-hybridized carbons (Fsp3) is 0.667. The average molecular weight is 291 g/mol. The Morgan fingerprint density at radius 2 is 1.81 bits per heavy atom. The molecule has 0 spiro atoms. The smallest absolute Gasteiger partial charge is 0.124 e. The number of rotatable bonds is 5. The van der Waals surface area contributed by atoms with Crippen molar-refractivity contribution in [2.75, 3.05) is 13.7 Å². The largest absolute Gasteiger partial charge is 0.496 e. The molecule has 118 valence electrons. The summed E-state index contributed by atoms with van der Waals surface area (Å²) in [6.07, 6.45) is 4.44. The van der Waals surface area contributed by atoms with Gasteiger partial charge in [0.05, 0.1) is 19.3 Å². The Morgan fingerprint density at radius 1 is 1.14 bits per heavy atom. The minimum atomic E-state index is -0.162. The lowest BCUT2D eigenvalue weighted by atomic mass is 9.71. The van der Waals surface area contributed by atoms with Crippen LogP contribution in [0.1, 0.15) is 50.7 Å². The molecule has 1 fully saturated rings. The lowest BCUT2D eigenvalue weighted by Crippen LogP contribution is -2.45. The van der Waals surface area contributed by atoms with E-state index in [1.807, 2.05) is 6.07 Å².